The van der Waals surface area contributed by atoms with Crippen molar-refractivity contribution in [1.82, 2.24) is 4.72 Å². The normalized spacial score (nSPS) is 13.6. The first-order valence-corrected chi connectivity index (χ1v) is 7.94. The topological polar surface area (TPSA) is 46.2 Å². The molecular weight excluding hydrogens is 302 g/mol. The van der Waals surface area contributed by atoms with E-state index in [0.29, 0.717) is 16.3 Å². The molecule has 0 heterocycles. The van der Waals surface area contributed by atoms with Crippen LogP contribution in [0.15, 0.2) is 23.1 Å². The van der Waals surface area contributed by atoms with Gasteiger partial charge in [0.1, 0.15) is 0 Å². The molecule has 17 heavy (non-hydrogen) atoms. The third-order valence-electron chi connectivity index (χ3n) is 2.45. The Kier molecular flexibility index (Phi) is 5.16. The standard InChI is InChI=1S/C12H18BrNO2S/c1-9-4-5-12(10(2)8-9)17(15,16)14-7-6-11(3)13/h4-5,8,11,14H,6-7H2,1-3H3. The maximum absolute atomic E-state index is 12.0. The Morgan fingerprint density at radius 3 is 2.53 bits per heavy atom. The fourth-order valence-electron chi connectivity index (χ4n) is 1.57. The molecule has 0 aliphatic carbocycles. The van der Waals surface area contributed by atoms with Gasteiger partial charge in [0, 0.05) is 11.4 Å². The van der Waals surface area contributed by atoms with Crippen molar-refractivity contribution in [3.8, 4) is 0 Å². The smallest absolute Gasteiger partial charge is 0.211 e. The first kappa shape index (κ1) is 14.7. The number of benzene rings is 1. The summed E-state index contributed by atoms with van der Waals surface area (Å²) in [6.07, 6.45) is 0.768. The van der Waals surface area contributed by atoms with Gasteiger partial charge in [-0.05, 0) is 31.9 Å². The zero-order valence-corrected chi connectivity index (χ0v) is 12.7. The van der Waals surface area contributed by atoms with E-state index in [-0.39, 0.29) is 0 Å². The molecule has 1 unspecified atom stereocenters. The van der Waals surface area contributed by atoms with Crippen molar-refractivity contribution in [3.05, 3.63) is 29.3 Å². The summed E-state index contributed by atoms with van der Waals surface area (Å²) in [4.78, 5) is 0.676. The molecule has 3 nitrogen and oxygen atoms in total. The average molecular weight is 320 g/mol. The lowest BCUT2D eigenvalue weighted by Crippen LogP contribution is -2.26. The average Bonchev–Trinajstić information content (AvgIpc) is 2.15. The van der Waals surface area contributed by atoms with E-state index in [0.717, 1.165) is 17.5 Å². The van der Waals surface area contributed by atoms with E-state index in [4.69, 9.17) is 0 Å². The van der Waals surface area contributed by atoms with Gasteiger partial charge in [-0.2, -0.15) is 0 Å². The minimum Gasteiger partial charge on any atom is -0.211 e. The molecular formula is C12H18BrNO2S. The number of rotatable bonds is 5. The lowest BCUT2D eigenvalue weighted by molar-refractivity contribution is 0.578. The van der Waals surface area contributed by atoms with E-state index < -0.39 is 10.0 Å². The van der Waals surface area contributed by atoms with E-state index >= 15 is 0 Å². The molecule has 1 rings (SSSR count). The zero-order valence-electron chi connectivity index (χ0n) is 10.3. The highest BCUT2D eigenvalue weighted by molar-refractivity contribution is 9.09. The fraction of sp³-hybridized carbons (Fsp3) is 0.500. The number of aryl methyl sites for hydroxylation is 2. The third kappa shape index (κ3) is 4.41. The Balaban J connectivity index is 2.83. The van der Waals surface area contributed by atoms with Crippen molar-refractivity contribution in [1.29, 1.82) is 0 Å². The highest BCUT2D eigenvalue weighted by Gasteiger charge is 2.16. The highest BCUT2D eigenvalue weighted by atomic mass is 79.9. The minimum absolute atomic E-state index is 0.310. The van der Waals surface area contributed by atoms with Gasteiger partial charge in [-0.3, -0.25) is 0 Å². The Labute approximate surface area is 112 Å². The summed E-state index contributed by atoms with van der Waals surface area (Å²) in [7, 11) is -3.37. The lowest BCUT2D eigenvalue weighted by Gasteiger charge is -2.10. The predicted molar refractivity (Wildman–Crippen MR) is 74.1 cm³/mol. The molecule has 0 aliphatic rings. The quantitative estimate of drug-likeness (QED) is 0.848. The molecule has 0 aromatic heterocycles. The Bertz CT molecular complexity index is 483. The molecule has 1 N–H and O–H groups in total. The first-order valence-electron chi connectivity index (χ1n) is 5.54. The Morgan fingerprint density at radius 1 is 1.35 bits per heavy atom. The van der Waals surface area contributed by atoms with Crippen LogP contribution in [0, 0.1) is 13.8 Å². The van der Waals surface area contributed by atoms with E-state index in [2.05, 4.69) is 20.7 Å². The van der Waals surface area contributed by atoms with E-state index in [1.165, 1.54) is 0 Å². The van der Waals surface area contributed by atoms with Crippen molar-refractivity contribution in [3.63, 3.8) is 0 Å². The number of halogens is 1. The molecule has 0 saturated carbocycles. The number of nitrogens with one attached hydrogen (secondary N) is 1. The molecule has 0 aliphatic heterocycles. The SMILES string of the molecule is Cc1ccc(S(=O)(=O)NCCC(C)Br)c(C)c1. The Morgan fingerprint density at radius 2 is 2.00 bits per heavy atom. The maximum Gasteiger partial charge on any atom is 0.240 e. The van der Waals surface area contributed by atoms with Crippen LogP contribution >= 0.6 is 15.9 Å². The molecule has 0 spiro atoms. The molecule has 0 amide bonds. The third-order valence-corrected chi connectivity index (χ3v) is 4.53. The molecule has 5 heteroatoms. The molecule has 1 atom stereocenters. The van der Waals surface area contributed by atoms with E-state index in [9.17, 15) is 8.42 Å². The monoisotopic (exact) mass is 319 g/mol. The number of sulfonamides is 1. The summed E-state index contributed by atoms with van der Waals surface area (Å²) in [6.45, 7) is 6.20. The van der Waals surface area contributed by atoms with Crippen molar-refractivity contribution in [2.24, 2.45) is 0 Å². The molecule has 0 saturated heterocycles. The number of hydrogen-bond acceptors (Lipinski definition) is 2. The molecule has 96 valence electrons. The largest absolute Gasteiger partial charge is 0.240 e. The van der Waals surface area contributed by atoms with Gasteiger partial charge < -0.3 is 0 Å². The van der Waals surface area contributed by atoms with Gasteiger partial charge in [0.2, 0.25) is 10.0 Å². The van der Waals surface area contributed by atoms with Gasteiger partial charge in [-0.25, -0.2) is 13.1 Å². The highest BCUT2D eigenvalue weighted by Crippen LogP contribution is 2.16. The Hall–Kier alpha value is -0.390. The number of hydrogen-bond donors (Lipinski definition) is 1. The van der Waals surface area contributed by atoms with Crippen LogP contribution in [0.25, 0.3) is 0 Å². The zero-order chi connectivity index (χ0) is 13.1. The van der Waals surface area contributed by atoms with E-state index in [1.807, 2.05) is 32.9 Å². The molecule has 0 radical (unpaired) electrons. The van der Waals surface area contributed by atoms with Crippen molar-refractivity contribution in [2.75, 3.05) is 6.54 Å². The van der Waals surface area contributed by atoms with Crippen LogP contribution in [0.2, 0.25) is 0 Å². The molecule has 1 aromatic carbocycles. The van der Waals surface area contributed by atoms with Crippen LogP contribution in [0.1, 0.15) is 24.5 Å². The summed E-state index contributed by atoms with van der Waals surface area (Å²) in [6, 6.07) is 5.35. The van der Waals surface area contributed by atoms with Crippen LogP contribution in [0.5, 0.6) is 0 Å². The van der Waals surface area contributed by atoms with E-state index in [1.54, 1.807) is 6.07 Å². The van der Waals surface area contributed by atoms with Gasteiger partial charge in [-0.1, -0.05) is 40.5 Å². The van der Waals surface area contributed by atoms with Gasteiger partial charge in [-0.15, -0.1) is 0 Å². The second-order valence-electron chi connectivity index (χ2n) is 4.24. The summed E-state index contributed by atoms with van der Waals surface area (Å²) in [5.74, 6) is 0. The van der Waals surface area contributed by atoms with Crippen LogP contribution in [0.3, 0.4) is 0 Å². The number of alkyl halides is 1. The van der Waals surface area contributed by atoms with Gasteiger partial charge in [0.15, 0.2) is 0 Å². The summed E-state index contributed by atoms with van der Waals surface area (Å²) in [5, 5.41) is 0. The van der Waals surface area contributed by atoms with Gasteiger partial charge in [0.25, 0.3) is 0 Å². The summed E-state index contributed by atoms with van der Waals surface area (Å²) < 4.78 is 26.6. The molecule has 0 bridgehead atoms. The first-order chi connectivity index (χ1) is 7.83. The predicted octanol–water partition coefficient (Wildman–Crippen LogP) is 2.76. The van der Waals surface area contributed by atoms with Crippen LogP contribution < -0.4 is 4.72 Å². The lowest BCUT2D eigenvalue weighted by atomic mass is 10.2. The second-order valence-corrected chi connectivity index (χ2v) is 7.53. The fourth-order valence-corrected chi connectivity index (χ4v) is 3.07. The maximum atomic E-state index is 12.0. The molecule has 0 fully saturated rings. The van der Waals surface area contributed by atoms with Crippen molar-refractivity contribution < 1.29 is 8.42 Å². The van der Waals surface area contributed by atoms with Crippen LogP contribution in [-0.4, -0.2) is 19.8 Å². The van der Waals surface area contributed by atoms with Crippen molar-refractivity contribution >= 4 is 26.0 Å². The van der Waals surface area contributed by atoms with Crippen LogP contribution in [-0.2, 0) is 10.0 Å². The molecule has 1 aromatic rings. The second kappa shape index (κ2) is 5.98. The minimum atomic E-state index is -3.37. The summed E-state index contributed by atoms with van der Waals surface area (Å²) in [5.41, 5.74) is 1.85. The van der Waals surface area contributed by atoms with Gasteiger partial charge >= 0.3 is 0 Å². The van der Waals surface area contributed by atoms with Gasteiger partial charge in [0.05, 0.1) is 4.90 Å². The summed E-state index contributed by atoms with van der Waals surface area (Å²) >= 11 is 3.39. The van der Waals surface area contributed by atoms with Crippen molar-refractivity contribution in [2.45, 2.75) is 36.9 Å². The van der Waals surface area contributed by atoms with Crippen LogP contribution in [0.4, 0.5) is 0 Å².